The lowest BCUT2D eigenvalue weighted by molar-refractivity contribution is -0.274. The summed E-state index contributed by atoms with van der Waals surface area (Å²) in [6, 6.07) is 13.2. The molecule has 0 radical (unpaired) electrons. The standard InChI is InChI=1S/C18H16F3N3O3S/c19-18(20,21)27-16-5-7-17(8-6-16)28(25,26)24-11-9-23(10-12-24)15-3-1-14(13-22)2-4-15/h1-8H,9-12H2. The molecule has 0 atom stereocenters. The number of piperazine rings is 1. The lowest BCUT2D eigenvalue weighted by Gasteiger charge is -2.35. The zero-order chi connectivity index (χ0) is 20.4. The van der Waals surface area contributed by atoms with Crippen LogP contribution in [0.2, 0.25) is 0 Å². The number of halogens is 3. The number of hydrogen-bond acceptors (Lipinski definition) is 5. The van der Waals surface area contributed by atoms with Crippen LogP contribution in [-0.2, 0) is 10.0 Å². The van der Waals surface area contributed by atoms with Crippen molar-refractivity contribution in [2.45, 2.75) is 11.3 Å². The summed E-state index contributed by atoms with van der Waals surface area (Å²) < 4.78 is 67.1. The number of anilines is 1. The first-order valence-electron chi connectivity index (χ1n) is 8.30. The van der Waals surface area contributed by atoms with Gasteiger partial charge in [-0.2, -0.15) is 9.57 Å². The summed E-state index contributed by atoms with van der Waals surface area (Å²) in [7, 11) is -3.81. The van der Waals surface area contributed by atoms with Gasteiger partial charge in [0.2, 0.25) is 10.0 Å². The van der Waals surface area contributed by atoms with Crippen LogP contribution in [0.25, 0.3) is 0 Å². The van der Waals surface area contributed by atoms with Gasteiger partial charge in [-0.3, -0.25) is 0 Å². The Hall–Kier alpha value is -2.77. The summed E-state index contributed by atoms with van der Waals surface area (Å²) in [5.41, 5.74) is 1.44. The van der Waals surface area contributed by atoms with Crippen LogP contribution in [0.3, 0.4) is 0 Å². The van der Waals surface area contributed by atoms with Gasteiger partial charge >= 0.3 is 6.36 Å². The molecule has 1 aliphatic rings. The molecule has 148 valence electrons. The number of benzene rings is 2. The lowest BCUT2D eigenvalue weighted by Crippen LogP contribution is -2.48. The first-order chi connectivity index (χ1) is 13.2. The van der Waals surface area contributed by atoms with E-state index in [0.717, 1.165) is 30.0 Å². The molecule has 0 amide bonds. The first-order valence-corrected chi connectivity index (χ1v) is 9.74. The van der Waals surface area contributed by atoms with Crippen molar-refractivity contribution in [2.75, 3.05) is 31.1 Å². The number of sulfonamides is 1. The number of nitriles is 1. The Bertz CT molecular complexity index is 960. The second kappa shape index (κ2) is 7.69. The van der Waals surface area contributed by atoms with Gasteiger partial charge in [0.25, 0.3) is 0 Å². The molecule has 0 saturated carbocycles. The topological polar surface area (TPSA) is 73.6 Å². The minimum Gasteiger partial charge on any atom is -0.406 e. The van der Waals surface area contributed by atoms with Gasteiger partial charge in [0.05, 0.1) is 16.5 Å². The van der Waals surface area contributed by atoms with Crippen LogP contribution in [0.15, 0.2) is 53.4 Å². The molecule has 2 aromatic rings. The third kappa shape index (κ3) is 4.55. The zero-order valence-corrected chi connectivity index (χ0v) is 15.4. The molecule has 1 aliphatic heterocycles. The van der Waals surface area contributed by atoms with E-state index in [2.05, 4.69) is 4.74 Å². The minimum atomic E-state index is -4.83. The molecule has 3 rings (SSSR count). The minimum absolute atomic E-state index is 0.0890. The van der Waals surface area contributed by atoms with Crippen molar-refractivity contribution in [3.8, 4) is 11.8 Å². The van der Waals surface area contributed by atoms with Crippen molar-refractivity contribution in [2.24, 2.45) is 0 Å². The molecule has 0 N–H and O–H groups in total. The van der Waals surface area contributed by atoms with Crippen molar-refractivity contribution >= 4 is 15.7 Å². The van der Waals surface area contributed by atoms with E-state index < -0.39 is 22.1 Å². The summed E-state index contributed by atoms with van der Waals surface area (Å²) in [6.07, 6.45) is -4.83. The molecule has 1 fully saturated rings. The van der Waals surface area contributed by atoms with Crippen LogP contribution in [0, 0.1) is 11.3 Å². The van der Waals surface area contributed by atoms with Gasteiger partial charge < -0.3 is 9.64 Å². The van der Waals surface area contributed by atoms with Crippen LogP contribution in [0.4, 0.5) is 18.9 Å². The monoisotopic (exact) mass is 411 g/mol. The maximum Gasteiger partial charge on any atom is 0.573 e. The van der Waals surface area contributed by atoms with Gasteiger partial charge in [-0.25, -0.2) is 8.42 Å². The Morgan fingerprint density at radius 2 is 1.50 bits per heavy atom. The van der Waals surface area contributed by atoms with Crippen LogP contribution >= 0.6 is 0 Å². The van der Waals surface area contributed by atoms with E-state index in [4.69, 9.17) is 5.26 Å². The largest absolute Gasteiger partial charge is 0.573 e. The summed E-state index contributed by atoms with van der Waals surface area (Å²) in [5.74, 6) is -0.475. The highest BCUT2D eigenvalue weighted by atomic mass is 32.2. The van der Waals surface area contributed by atoms with Gasteiger partial charge in [0, 0.05) is 31.9 Å². The summed E-state index contributed by atoms with van der Waals surface area (Å²) >= 11 is 0. The van der Waals surface area contributed by atoms with Gasteiger partial charge in [0.15, 0.2) is 0 Å². The normalized spacial score (nSPS) is 15.9. The van der Waals surface area contributed by atoms with Crippen LogP contribution in [0.1, 0.15) is 5.56 Å². The Morgan fingerprint density at radius 1 is 0.929 bits per heavy atom. The summed E-state index contributed by atoms with van der Waals surface area (Å²) in [5, 5.41) is 8.84. The molecule has 6 nitrogen and oxygen atoms in total. The highest BCUT2D eigenvalue weighted by Crippen LogP contribution is 2.26. The molecular formula is C18H16F3N3O3S. The zero-order valence-electron chi connectivity index (χ0n) is 14.6. The Kier molecular flexibility index (Phi) is 5.49. The molecule has 0 aliphatic carbocycles. The van der Waals surface area contributed by atoms with E-state index in [1.165, 1.54) is 4.31 Å². The van der Waals surface area contributed by atoms with Gasteiger partial charge in [-0.1, -0.05) is 0 Å². The van der Waals surface area contributed by atoms with Gasteiger partial charge in [0.1, 0.15) is 5.75 Å². The summed E-state index contributed by atoms with van der Waals surface area (Å²) in [6.45, 7) is 1.40. The Morgan fingerprint density at radius 3 is 2.00 bits per heavy atom. The van der Waals surface area contributed by atoms with Gasteiger partial charge in [-0.05, 0) is 48.5 Å². The Labute approximate surface area is 160 Å². The molecule has 0 aromatic heterocycles. The molecule has 1 heterocycles. The van der Waals surface area contributed by atoms with Crippen LogP contribution in [-0.4, -0.2) is 45.3 Å². The smallest absolute Gasteiger partial charge is 0.406 e. The van der Waals surface area contributed by atoms with Crippen molar-refractivity contribution < 1.29 is 26.3 Å². The lowest BCUT2D eigenvalue weighted by atomic mass is 10.2. The van der Waals surface area contributed by atoms with Crippen molar-refractivity contribution in [3.05, 3.63) is 54.1 Å². The third-order valence-electron chi connectivity index (χ3n) is 4.30. The predicted octanol–water partition coefficient (Wildman–Crippen LogP) is 2.97. The fourth-order valence-corrected chi connectivity index (χ4v) is 4.32. The maximum atomic E-state index is 12.7. The molecule has 1 saturated heterocycles. The quantitative estimate of drug-likeness (QED) is 0.774. The van der Waals surface area contributed by atoms with E-state index in [-0.39, 0.29) is 18.0 Å². The molecule has 0 unspecified atom stereocenters. The third-order valence-corrected chi connectivity index (χ3v) is 6.21. The van der Waals surface area contributed by atoms with E-state index in [9.17, 15) is 21.6 Å². The predicted molar refractivity (Wildman–Crippen MR) is 95.3 cm³/mol. The number of alkyl halides is 3. The highest BCUT2D eigenvalue weighted by molar-refractivity contribution is 7.89. The number of hydrogen-bond donors (Lipinski definition) is 0. The fraction of sp³-hybridized carbons (Fsp3) is 0.278. The molecule has 10 heteroatoms. The fourth-order valence-electron chi connectivity index (χ4n) is 2.90. The molecule has 28 heavy (non-hydrogen) atoms. The maximum absolute atomic E-state index is 12.7. The second-order valence-electron chi connectivity index (χ2n) is 6.07. The molecule has 0 bridgehead atoms. The van der Waals surface area contributed by atoms with Gasteiger partial charge in [-0.15, -0.1) is 13.2 Å². The van der Waals surface area contributed by atoms with E-state index in [1.54, 1.807) is 12.1 Å². The Balaban J connectivity index is 1.66. The van der Waals surface area contributed by atoms with Crippen LogP contribution < -0.4 is 9.64 Å². The second-order valence-corrected chi connectivity index (χ2v) is 8.01. The molecule has 2 aromatic carbocycles. The average molecular weight is 411 g/mol. The van der Waals surface area contributed by atoms with E-state index in [0.29, 0.717) is 18.7 Å². The number of ether oxygens (including phenoxy) is 1. The van der Waals surface area contributed by atoms with Crippen molar-refractivity contribution in [1.29, 1.82) is 5.26 Å². The van der Waals surface area contributed by atoms with E-state index >= 15 is 0 Å². The summed E-state index contributed by atoms with van der Waals surface area (Å²) in [4.78, 5) is 1.92. The average Bonchev–Trinajstić information content (AvgIpc) is 2.67. The molecular weight excluding hydrogens is 395 g/mol. The number of nitrogens with zero attached hydrogens (tertiary/aromatic N) is 3. The van der Waals surface area contributed by atoms with Crippen LogP contribution in [0.5, 0.6) is 5.75 Å². The number of rotatable bonds is 4. The highest BCUT2D eigenvalue weighted by Gasteiger charge is 2.32. The SMILES string of the molecule is N#Cc1ccc(N2CCN(S(=O)(=O)c3ccc(OC(F)(F)F)cc3)CC2)cc1. The first kappa shape index (κ1) is 20.0. The van der Waals surface area contributed by atoms with Crippen molar-refractivity contribution in [3.63, 3.8) is 0 Å². The van der Waals surface area contributed by atoms with Crippen molar-refractivity contribution in [1.82, 2.24) is 4.31 Å². The van der Waals surface area contributed by atoms with E-state index in [1.807, 2.05) is 23.1 Å². The molecule has 0 spiro atoms.